The van der Waals surface area contributed by atoms with Crippen molar-refractivity contribution in [2.24, 2.45) is 0 Å². The van der Waals surface area contributed by atoms with Crippen LogP contribution in [0.4, 0.5) is 0 Å². The molecule has 1 fully saturated rings. The van der Waals surface area contributed by atoms with Crippen LogP contribution in [-0.4, -0.2) is 78.5 Å². The van der Waals surface area contributed by atoms with Gasteiger partial charge in [-0.1, -0.05) is 0 Å². The first-order valence-electron chi connectivity index (χ1n) is 8.31. The Kier molecular flexibility index (Phi) is 6.73. The molecule has 1 aromatic carbocycles. The molecular formula is C17H24N2O8S. The van der Waals surface area contributed by atoms with Crippen LogP contribution in [0.1, 0.15) is 16.8 Å². The summed E-state index contributed by atoms with van der Waals surface area (Å²) < 4.78 is 46.0. The van der Waals surface area contributed by atoms with E-state index in [2.05, 4.69) is 4.72 Å². The highest BCUT2D eigenvalue weighted by molar-refractivity contribution is 7.88. The zero-order valence-corrected chi connectivity index (χ0v) is 17.2. The monoisotopic (exact) mass is 416 g/mol. The number of likely N-dealkylation sites (tertiary alicyclic amines) is 1. The fraction of sp³-hybridized carbons (Fsp3) is 0.529. The lowest BCUT2D eigenvalue weighted by atomic mass is 10.1. The van der Waals surface area contributed by atoms with Crippen molar-refractivity contribution in [3.05, 3.63) is 17.7 Å². The van der Waals surface area contributed by atoms with Crippen molar-refractivity contribution < 1.29 is 37.0 Å². The maximum Gasteiger partial charge on any atom is 0.328 e. The van der Waals surface area contributed by atoms with Crippen LogP contribution in [0.15, 0.2) is 12.1 Å². The zero-order valence-electron chi connectivity index (χ0n) is 16.3. The first-order chi connectivity index (χ1) is 13.1. The van der Waals surface area contributed by atoms with Gasteiger partial charge in [0, 0.05) is 18.2 Å². The number of ether oxygens (including phenoxy) is 4. The SMILES string of the molecule is COC(=O)C1CC(NS(C)(=O)=O)CN1C(=O)c1cc(OC)c(OC)c(OC)c1. The second kappa shape index (κ2) is 8.65. The third-order valence-corrected chi connectivity index (χ3v) is 5.09. The molecule has 1 saturated heterocycles. The molecule has 0 saturated carbocycles. The minimum Gasteiger partial charge on any atom is -0.493 e. The van der Waals surface area contributed by atoms with Crippen LogP contribution in [-0.2, 0) is 19.6 Å². The fourth-order valence-electron chi connectivity index (χ4n) is 3.18. The number of sulfonamides is 1. The quantitative estimate of drug-likeness (QED) is 0.618. The predicted molar refractivity (Wildman–Crippen MR) is 99.3 cm³/mol. The highest BCUT2D eigenvalue weighted by Gasteiger charge is 2.41. The fourth-order valence-corrected chi connectivity index (χ4v) is 3.95. The maximum atomic E-state index is 13.1. The summed E-state index contributed by atoms with van der Waals surface area (Å²) in [7, 11) is 1.99. The van der Waals surface area contributed by atoms with Gasteiger partial charge in [0.1, 0.15) is 6.04 Å². The number of hydrogen-bond acceptors (Lipinski definition) is 8. The third kappa shape index (κ3) is 4.65. The summed E-state index contributed by atoms with van der Waals surface area (Å²) in [6.07, 6.45) is 1.12. The smallest absolute Gasteiger partial charge is 0.328 e. The van der Waals surface area contributed by atoms with E-state index in [0.717, 1.165) is 6.26 Å². The number of benzene rings is 1. The van der Waals surface area contributed by atoms with Gasteiger partial charge in [-0.2, -0.15) is 0 Å². The van der Waals surface area contributed by atoms with Crippen LogP contribution >= 0.6 is 0 Å². The van der Waals surface area contributed by atoms with Gasteiger partial charge < -0.3 is 23.8 Å². The summed E-state index contributed by atoms with van der Waals surface area (Å²) in [6, 6.07) is 1.41. The first-order valence-corrected chi connectivity index (χ1v) is 10.2. The largest absolute Gasteiger partial charge is 0.493 e. The van der Waals surface area contributed by atoms with Crippen molar-refractivity contribution in [3.8, 4) is 17.2 Å². The minimum atomic E-state index is -3.50. The molecule has 0 spiro atoms. The van der Waals surface area contributed by atoms with Gasteiger partial charge in [0.2, 0.25) is 15.8 Å². The van der Waals surface area contributed by atoms with Gasteiger partial charge in [-0.05, 0) is 18.6 Å². The van der Waals surface area contributed by atoms with Crippen molar-refractivity contribution in [2.75, 3.05) is 41.2 Å². The number of nitrogens with zero attached hydrogens (tertiary/aromatic N) is 1. The highest BCUT2D eigenvalue weighted by atomic mass is 32.2. The van der Waals surface area contributed by atoms with E-state index in [9.17, 15) is 18.0 Å². The molecule has 156 valence electrons. The molecule has 1 heterocycles. The highest BCUT2D eigenvalue weighted by Crippen LogP contribution is 2.39. The zero-order chi connectivity index (χ0) is 21.1. The number of hydrogen-bond donors (Lipinski definition) is 1. The lowest BCUT2D eigenvalue weighted by Crippen LogP contribution is -2.42. The van der Waals surface area contributed by atoms with Gasteiger partial charge in [-0.25, -0.2) is 17.9 Å². The number of esters is 1. The van der Waals surface area contributed by atoms with Crippen molar-refractivity contribution >= 4 is 21.9 Å². The van der Waals surface area contributed by atoms with Gasteiger partial charge in [0.15, 0.2) is 11.5 Å². The Hall–Kier alpha value is -2.53. The van der Waals surface area contributed by atoms with E-state index in [1.807, 2.05) is 0 Å². The van der Waals surface area contributed by atoms with Crippen molar-refractivity contribution in [2.45, 2.75) is 18.5 Å². The van der Waals surface area contributed by atoms with E-state index < -0.39 is 34.0 Å². The molecule has 1 aliphatic heterocycles. The van der Waals surface area contributed by atoms with Crippen LogP contribution in [0.5, 0.6) is 17.2 Å². The van der Waals surface area contributed by atoms with E-state index in [4.69, 9.17) is 18.9 Å². The second-order valence-corrected chi connectivity index (χ2v) is 8.01. The van der Waals surface area contributed by atoms with Crippen LogP contribution < -0.4 is 18.9 Å². The number of methoxy groups -OCH3 is 4. The molecule has 1 aliphatic rings. The van der Waals surface area contributed by atoms with E-state index in [-0.39, 0.29) is 30.0 Å². The molecule has 1 N–H and O–H groups in total. The summed E-state index contributed by atoms with van der Waals surface area (Å²) >= 11 is 0. The Morgan fingerprint density at radius 1 is 1.07 bits per heavy atom. The predicted octanol–water partition coefficient (Wildman–Crippen LogP) is 0.0177. The standard InChI is InChI=1S/C17H24N2O8S/c1-24-13-6-10(7-14(25-2)15(13)26-3)16(20)19-9-11(18-28(5,22)23)8-12(19)17(21)27-4/h6-7,11-12,18H,8-9H2,1-5H3. The van der Waals surface area contributed by atoms with Crippen LogP contribution in [0.3, 0.4) is 0 Å². The summed E-state index contributed by atoms with van der Waals surface area (Å²) in [6.45, 7) is 0.0162. The number of rotatable bonds is 7. The first kappa shape index (κ1) is 21.8. The average molecular weight is 416 g/mol. The Bertz CT molecular complexity index is 830. The minimum absolute atomic E-state index is 0.0162. The number of carbonyl (C=O) groups excluding carboxylic acids is 2. The van der Waals surface area contributed by atoms with E-state index in [1.165, 1.54) is 45.5 Å². The number of amides is 1. The molecular weight excluding hydrogens is 392 g/mol. The lowest BCUT2D eigenvalue weighted by molar-refractivity contribution is -0.145. The summed E-state index contributed by atoms with van der Waals surface area (Å²) in [5.74, 6) is -0.232. The molecule has 11 heteroatoms. The van der Waals surface area contributed by atoms with E-state index in [1.54, 1.807) is 0 Å². The molecule has 2 rings (SSSR count). The molecule has 1 amide bonds. The van der Waals surface area contributed by atoms with E-state index >= 15 is 0 Å². The van der Waals surface area contributed by atoms with Crippen molar-refractivity contribution in [1.82, 2.24) is 9.62 Å². The molecule has 1 aromatic rings. The Labute approximate surface area is 163 Å². The molecule has 10 nitrogen and oxygen atoms in total. The van der Waals surface area contributed by atoms with Gasteiger partial charge in [-0.3, -0.25) is 4.79 Å². The molecule has 28 heavy (non-hydrogen) atoms. The maximum absolute atomic E-state index is 13.1. The van der Waals surface area contributed by atoms with Gasteiger partial charge in [-0.15, -0.1) is 0 Å². The van der Waals surface area contributed by atoms with Gasteiger partial charge in [0.25, 0.3) is 5.91 Å². The Morgan fingerprint density at radius 3 is 2.07 bits per heavy atom. The number of carbonyl (C=O) groups is 2. The van der Waals surface area contributed by atoms with Gasteiger partial charge >= 0.3 is 5.97 Å². The molecule has 2 unspecified atom stereocenters. The summed E-state index contributed by atoms with van der Waals surface area (Å²) in [5, 5.41) is 0. The molecule has 0 bridgehead atoms. The Morgan fingerprint density at radius 2 is 1.64 bits per heavy atom. The third-order valence-electron chi connectivity index (χ3n) is 4.33. The lowest BCUT2D eigenvalue weighted by Gasteiger charge is -2.23. The average Bonchev–Trinajstić information content (AvgIpc) is 3.07. The van der Waals surface area contributed by atoms with Crippen molar-refractivity contribution in [3.63, 3.8) is 0 Å². The normalized spacial score (nSPS) is 19.2. The number of nitrogens with one attached hydrogen (secondary N) is 1. The summed E-state index contributed by atoms with van der Waals surface area (Å²) in [5.41, 5.74) is 0.198. The van der Waals surface area contributed by atoms with Crippen LogP contribution in [0.2, 0.25) is 0 Å². The second-order valence-electron chi connectivity index (χ2n) is 6.23. The van der Waals surface area contributed by atoms with Crippen molar-refractivity contribution in [1.29, 1.82) is 0 Å². The molecule has 2 atom stereocenters. The molecule has 0 radical (unpaired) electrons. The molecule has 0 aliphatic carbocycles. The summed E-state index contributed by atoms with van der Waals surface area (Å²) in [4.78, 5) is 26.5. The molecule has 0 aromatic heterocycles. The Balaban J connectivity index is 2.40. The van der Waals surface area contributed by atoms with Crippen LogP contribution in [0.25, 0.3) is 0 Å². The van der Waals surface area contributed by atoms with E-state index in [0.29, 0.717) is 5.75 Å². The topological polar surface area (TPSA) is 120 Å². The van der Waals surface area contributed by atoms with Gasteiger partial charge in [0.05, 0.1) is 34.7 Å². The van der Waals surface area contributed by atoms with Crippen LogP contribution in [0, 0.1) is 0 Å².